The fraction of sp³-hybridized carbons (Fsp3) is 1.00. The van der Waals surface area contributed by atoms with Gasteiger partial charge >= 0.3 is 0 Å². The average molecular weight is 224 g/mol. The number of rotatable bonds is 4. The fourth-order valence-electron chi connectivity index (χ4n) is 0.483. The van der Waals surface area contributed by atoms with Crippen molar-refractivity contribution in [2.24, 2.45) is 5.73 Å². The zero-order valence-corrected chi connectivity index (χ0v) is 8.22. The highest BCUT2D eigenvalue weighted by atomic mass is 35.5. The molecule has 0 radical (unpaired) electrons. The summed E-state index contributed by atoms with van der Waals surface area (Å²) in [5, 5.41) is 0. The molecule has 0 fully saturated rings. The van der Waals surface area contributed by atoms with E-state index in [1.807, 2.05) is 0 Å². The smallest absolute Gasteiger partial charge is 0.273 e. The third-order valence-electron chi connectivity index (χ3n) is 1.17. The molecule has 0 aliphatic heterocycles. The first-order chi connectivity index (χ1) is 4.83. The fourth-order valence-corrected chi connectivity index (χ4v) is 1.45. The van der Waals surface area contributed by atoms with Crippen LogP contribution in [0.4, 0.5) is 8.78 Å². The Morgan fingerprint density at radius 1 is 1.42 bits per heavy atom. The van der Waals surface area contributed by atoms with Gasteiger partial charge in [0.25, 0.3) is 5.92 Å². The Morgan fingerprint density at radius 3 is 2.08 bits per heavy atom. The van der Waals surface area contributed by atoms with Crippen LogP contribution in [-0.4, -0.2) is 32.4 Å². The largest absolute Gasteiger partial charge is 0.325 e. The molecule has 0 unspecified atom stereocenters. The van der Waals surface area contributed by atoms with Gasteiger partial charge in [-0.3, -0.25) is 0 Å². The summed E-state index contributed by atoms with van der Waals surface area (Å²) in [4.78, 5) is 0. The van der Waals surface area contributed by atoms with Crippen molar-refractivity contribution in [2.45, 2.75) is 12.8 Å². The third-order valence-corrected chi connectivity index (χ3v) is 2.91. The number of sulfone groups is 1. The van der Waals surface area contributed by atoms with Crippen molar-refractivity contribution in [3.05, 3.63) is 0 Å². The molecule has 0 heterocycles. The van der Waals surface area contributed by atoms with Crippen LogP contribution in [-0.2, 0) is 9.84 Å². The standard InChI is InChI=1S/C5H11F2NO2S.ClH/c1-2-11(9,10)4-5(6,7)3-8;/h2-4,8H2,1H3;1H. The highest BCUT2D eigenvalue weighted by Gasteiger charge is 2.32. The maximum Gasteiger partial charge on any atom is 0.273 e. The second-order valence-corrected chi connectivity index (χ2v) is 4.59. The van der Waals surface area contributed by atoms with E-state index < -0.39 is 28.1 Å². The summed E-state index contributed by atoms with van der Waals surface area (Å²) in [6, 6.07) is 0. The van der Waals surface area contributed by atoms with Crippen LogP contribution in [0.2, 0.25) is 0 Å². The van der Waals surface area contributed by atoms with E-state index in [2.05, 4.69) is 5.73 Å². The summed E-state index contributed by atoms with van der Waals surface area (Å²) in [6.45, 7) is 0.397. The van der Waals surface area contributed by atoms with Crippen LogP contribution in [0, 0.1) is 0 Å². The quantitative estimate of drug-likeness (QED) is 0.752. The SMILES string of the molecule is CCS(=O)(=O)CC(F)(F)CN.Cl. The Balaban J connectivity index is 0. The molecule has 0 aliphatic carbocycles. The third kappa shape index (κ3) is 5.68. The first kappa shape index (κ1) is 14.6. The molecule has 3 nitrogen and oxygen atoms in total. The zero-order chi connectivity index (χ0) is 9.12. The monoisotopic (exact) mass is 223 g/mol. The van der Waals surface area contributed by atoms with Gasteiger partial charge < -0.3 is 5.73 Å². The second kappa shape index (κ2) is 4.94. The van der Waals surface area contributed by atoms with Crippen LogP contribution in [0.3, 0.4) is 0 Å². The summed E-state index contributed by atoms with van der Waals surface area (Å²) in [6.07, 6.45) is 0. The van der Waals surface area contributed by atoms with Gasteiger partial charge in [0.15, 0.2) is 9.84 Å². The molecule has 0 aromatic carbocycles. The lowest BCUT2D eigenvalue weighted by atomic mass is 10.4. The molecule has 0 amide bonds. The first-order valence-electron chi connectivity index (χ1n) is 3.11. The van der Waals surface area contributed by atoms with Crippen LogP contribution >= 0.6 is 12.4 Å². The summed E-state index contributed by atoms with van der Waals surface area (Å²) >= 11 is 0. The molecule has 0 atom stereocenters. The maximum absolute atomic E-state index is 12.3. The number of hydrogen-bond acceptors (Lipinski definition) is 3. The van der Waals surface area contributed by atoms with Gasteiger partial charge in [-0.05, 0) is 0 Å². The van der Waals surface area contributed by atoms with Crippen LogP contribution in [0.5, 0.6) is 0 Å². The van der Waals surface area contributed by atoms with E-state index in [9.17, 15) is 17.2 Å². The van der Waals surface area contributed by atoms with Crippen molar-refractivity contribution >= 4 is 22.2 Å². The molecule has 0 saturated heterocycles. The predicted octanol–water partition coefficient (Wildman–Crippen LogP) is 0.437. The van der Waals surface area contributed by atoms with Gasteiger partial charge in [0, 0.05) is 5.75 Å². The predicted molar refractivity (Wildman–Crippen MR) is 45.6 cm³/mol. The summed E-state index contributed by atoms with van der Waals surface area (Å²) in [5.74, 6) is -4.70. The highest BCUT2D eigenvalue weighted by molar-refractivity contribution is 7.91. The molecular formula is C5H12ClF2NO2S. The minimum absolute atomic E-state index is 0. The molecule has 12 heavy (non-hydrogen) atoms. The van der Waals surface area contributed by atoms with Crippen molar-refractivity contribution in [1.82, 2.24) is 0 Å². The lowest BCUT2D eigenvalue weighted by molar-refractivity contribution is 0.0357. The zero-order valence-electron chi connectivity index (χ0n) is 6.59. The molecule has 0 saturated carbocycles. The van der Waals surface area contributed by atoms with E-state index in [1.165, 1.54) is 6.92 Å². The van der Waals surface area contributed by atoms with E-state index >= 15 is 0 Å². The summed E-state index contributed by atoms with van der Waals surface area (Å²) in [7, 11) is -3.62. The van der Waals surface area contributed by atoms with Gasteiger partial charge in [0.2, 0.25) is 0 Å². The van der Waals surface area contributed by atoms with E-state index in [4.69, 9.17) is 0 Å². The van der Waals surface area contributed by atoms with Crippen LogP contribution in [0.15, 0.2) is 0 Å². The number of alkyl halides is 2. The lowest BCUT2D eigenvalue weighted by Crippen LogP contribution is -2.36. The summed E-state index contributed by atoms with van der Waals surface area (Å²) < 4.78 is 45.9. The van der Waals surface area contributed by atoms with Crippen molar-refractivity contribution < 1.29 is 17.2 Å². The Morgan fingerprint density at radius 2 is 1.83 bits per heavy atom. The van der Waals surface area contributed by atoms with E-state index in [1.54, 1.807) is 0 Å². The Kier molecular flexibility index (Phi) is 5.99. The second-order valence-electron chi connectivity index (χ2n) is 2.24. The molecule has 0 aromatic heterocycles. The van der Waals surface area contributed by atoms with Crippen molar-refractivity contribution in [3.8, 4) is 0 Å². The molecule has 0 rings (SSSR count). The van der Waals surface area contributed by atoms with Gasteiger partial charge in [-0.15, -0.1) is 12.4 Å². The van der Waals surface area contributed by atoms with E-state index in [0.29, 0.717) is 0 Å². The van der Waals surface area contributed by atoms with Gasteiger partial charge in [-0.1, -0.05) is 6.92 Å². The molecule has 7 heteroatoms. The molecule has 76 valence electrons. The van der Waals surface area contributed by atoms with Crippen molar-refractivity contribution in [3.63, 3.8) is 0 Å². The van der Waals surface area contributed by atoms with E-state index in [-0.39, 0.29) is 18.2 Å². The van der Waals surface area contributed by atoms with Crippen LogP contribution in [0.1, 0.15) is 6.92 Å². The van der Waals surface area contributed by atoms with Crippen LogP contribution in [0.25, 0.3) is 0 Å². The van der Waals surface area contributed by atoms with Crippen molar-refractivity contribution in [1.29, 1.82) is 0 Å². The van der Waals surface area contributed by atoms with Crippen LogP contribution < -0.4 is 5.73 Å². The Bertz CT molecular complexity index is 217. The summed E-state index contributed by atoms with van der Waals surface area (Å²) in [5.41, 5.74) is 4.65. The number of nitrogens with two attached hydrogens (primary N) is 1. The number of hydrogen-bond donors (Lipinski definition) is 1. The minimum Gasteiger partial charge on any atom is -0.325 e. The van der Waals surface area contributed by atoms with E-state index in [0.717, 1.165) is 0 Å². The van der Waals surface area contributed by atoms with Gasteiger partial charge in [0.1, 0.15) is 5.75 Å². The molecular weight excluding hydrogens is 212 g/mol. The Hall–Kier alpha value is 0.0600. The van der Waals surface area contributed by atoms with Gasteiger partial charge in [0.05, 0.1) is 6.54 Å². The molecule has 0 aromatic rings. The Labute approximate surface area is 76.6 Å². The highest BCUT2D eigenvalue weighted by Crippen LogP contribution is 2.14. The van der Waals surface area contributed by atoms with Gasteiger partial charge in [-0.2, -0.15) is 0 Å². The lowest BCUT2D eigenvalue weighted by Gasteiger charge is -2.12. The number of halogens is 3. The topological polar surface area (TPSA) is 60.2 Å². The minimum atomic E-state index is -3.62. The maximum atomic E-state index is 12.3. The molecule has 0 bridgehead atoms. The first-order valence-corrected chi connectivity index (χ1v) is 4.93. The van der Waals surface area contributed by atoms with Crippen molar-refractivity contribution in [2.75, 3.05) is 18.1 Å². The molecule has 2 N–H and O–H groups in total. The molecule has 0 aliphatic rings. The normalized spacial score (nSPS) is 12.3. The molecule has 0 spiro atoms. The van der Waals surface area contributed by atoms with Gasteiger partial charge in [-0.25, -0.2) is 17.2 Å². The average Bonchev–Trinajstić information content (AvgIpc) is 1.86.